The lowest BCUT2D eigenvalue weighted by atomic mass is 9.93. The Morgan fingerprint density at radius 2 is 1.72 bits per heavy atom. The summed E-state index contributed by atoms with van der Waals surface area (Å²) in [5.74, 6) is 0. The monoisotopic (exact) mass is 265 g/mol. The third kappa shape index (κ3) is 7.25. The van der Waals surface area contributed by atoms with E-state index in [9.17, 15) is 5.11 Å². The van der Waals surface area contributed by atoms with E-state index < -0.39 is 11.6 Å². The summed E-state index contributed by atoms with van der Waals surface area (Å²) in [6.07, 6.45) is 2.47. The van der Waals surface area contributed by atoms with Crippen molar-refractivity contribution in [2.75, 3.05) is 39.6 Å². The van der Waals surface area contributed by atoms with E-state index >= 15 is 0 Å². The van der Waals surface area contributed by atoms with E-state index in [0.717, 1.165) is 25.8 Å². The second kappa shape index (κ2) is 10.7. The van der Waals surface area contributed by atoms with Gasteiger partial charge in [-0.05, 0) is 13.0 Å². The van der Waals surface area contributed by atoms with Crippen molar-refractivity contribution < 1.29 is 25.2 Å². The molecule has 1 unspecified atom stereocenters. The first-order valence-corrected chi connectivity index (χ1v) is 6.46. The van der Waals surface area contributed by atoms with Crippen LogP contribution in [0, 0.1) is 5.41 Å². The molecule has 0 saturated carbocycles. The van der Waals surface area contributed by atoms with Gasteiger partial charge in [0.25, 0.3) is 0 Å². The molecule has 6 nitrogen and oxygen atoms in total. The van der Waals surface area contributed by atoms with Crippen molar-refractivity contribution in [1.29, 1.82) is 0 Å². The van der Waals surface area contributed by atoms with Gasteiger partial charge >= 0.3 is 0 Å². The van der Waals surface area contributed by atoms with Gasteiger partial charge in [0, 0.05) is 0 Å². The molecule has 0 amide bonds. The molecule has 1 atom stereocenters. The van der Waals surface area contributed by atoms with E-state index in [1.807, 2.05) is 0 Å². The molecule has 0 spiro atoms. The Labute approximate surface area is 109 Å². The van der Waals surface area contributed by atoms with Gasteiger partial charge in [-0.2, -0.15) is 0 Å². The lowest BCUT2D eigenvalue weighted by Crippen LogP contribution is -2.41. The highest BCUT2D eigenvalue weighted by Crippen LogP contribution is 2.14. The summed E-state index contributed by atoms with van der Waals surface area (Å²) in [6.45, 7) is 1.82. The van der Waals surface area contributed by atoms with E-state index in [2.05, 4.69) is 12.2 Å². The van der Waals surface area contributed by atoms with Crippen molar-refractivity contribution in [3.63, 3.8) is 0 Å². The maximum absolute atomic E-state index is 9.54. The minimum absolute atomic E-state index is 0.00417. The molecule has 0 saturated heterocycles. The summed E-state index contributed by atoms with van der Waals surface area (Å²) in [7, 11) is 0. The maximum Gasteiger partial charge on any atom is 0.128 e. The molecule has 0 rings (SSSR count). The van der Waals surface area contributed by atoms with Gasteiger partial charge in [0.2, 0.25) is 0 Å². The van der Waals surface area contributed by atoms with Crippen LogP contribution in [0.25, 0.3) is 0 Å². The highest BCUT2D eigenvalue weighted by atomic mass is 16.5. The van der Waals surface area contributed by atoms with Crippen LogP contribution in [0.3, 0.4) is 0 Å². The molecule has 5 N–H and O–H groups in total. The standard InChI is InChI=1S/C12H27NO5/c1-2-3-4-5-13-11(17)6-18-10-12(7-14,8-15)9-16/h11,13-17H,2-10H2,1H3. The molecular weight excluding hydrogens is 238 g/mol. The molecule has 6 heteroatoms. The van der Waals surface area contributed by atoms with E-state index in [1.165, 1.54) is 0 Å². The summed E-state index contributed by atoms with van der Waals surface area (Å²) >= 11 is 0. The second-order valence-electron chi connectivity index (χ2n) is 4.67. The van der Waals surface area contributed by atoms with Crippen molar-refractivity contribution in [2.24, 2.45) is 5.41 Å². The van der Waals surface area contributed by atoms with Crippen LogP contribution < -0.4 is 5.32 Å². The third-order valence-corrected chi connectivity index (χ3v) is 2.85. The largest absolute Gasteiger partial charge is 0.396 e. The summed E-state index contributed by atoms with van der Waals surface area (Å²) < 4.78 is 5.20. The molecule has 0 aliphatic rings. The van der Waals surface area contributed by atoms with Gasteiger partial charge in [0.15, 0.2) is 0 Å². The average Bonchev–Trinajstić information content (AvgIpc) is 2.40. The van der Waals surface area contributed by atoms with Gasteiger partial charge in [-0.1, -0.05) is 19.8 Å². The molecule has 0 radical (unpaired) electrons. The van der Waals surface area contributed by atoms with E-state index in [1.54, 1.807) is 0 Å². The number of hydrogen-bond donors (Lipinski definition) is 5. The fourth-order valence-electron chi connectivity index (χ4n) is 1.38. The molecule has 0 aliphatic carbocycles. The van der Waals surface area contributed by atoms with Gasteiger partial charge in [-0.15, -0.1) is 0 Å². The normalized spacial score (nSPS) is 13.8. The Morgan fingerprint density at radius 3 is 2.22 bits per heavy atom. The van der Waals surface area contributed by atoms with Crippen LogP contribution in [0.1, 0.15) is 26.2 Å². The highest BCUT2D eigenvalue weighted by molar-refractivity contribution is 4.76. The first-order chi connectivity index (χ1) is 8.64. The van der Waals surface area contributed by atoms with Gasteiger partial charge in [0.1, 0.15) is 6.23 Å². The fraction of sp³-hybridized carbons (Fsp3) is 1.00. The topological polar surface area (TPSA) is 102 Å². The Balaban J connectivity index is 3.68. The van der Waals surface area contributed by atoms with Crippen LogP contribution in [-0.4, -0.2) is 66.2 Å². The summed E-state index contributed by atoms with van der Waals surface area (Å²) in [4.78, 5) is 0. The zero-order chi connectivity index (χ0) is 13.9. The van der Waals surface area contributed by atoms with E-state index in [0.29, 0.717) is 0 Å². The van der Waals surface area contributed by atoms with Crippen molar-refractivity contribution in [2.45, 2.75) is 32.4 Å². The quantitative estimate of drug-likeness (QED) is 0.231. The SMILES string of the molecule is CCCCCNC(O)COCC(CO)(CO)CO. The zero-order valence-corrected chi connectivity index (χ0v) is 11.1. The number of rotatable bonds is 12. The van der Waals surface area contributed by atoms with Crippen molar-refractivity contribution in [1.82, 2.24) is 5.32 Å². The molecule has 18 heavy (non-hydrogen) atoms. The molecular formula is C12H27NO5. The molecule has 0 fully saturated rings. The number of nitrogens with one attached hydrogen (secondary N) is 1. The summed E-state index contributed by atoms with van der Waals surface area (Å²) in [5.41, 5.74) is -1.04. The van der Waals surface area contributed by atoms with Crippen LogP contribution in [0.5, 0.6) is 0 Å². The predicted octanol–water partition coefficient (Wildman–Crippen LogP) is -0.935. The van der Waals surface area contributed by atoms with E-state index in [-0.39, 0.29) is 33.0 Å². The van der Waals surface area contributed by atoms with E-state index in [4.69, 9.17) is 20.1 Å². The highest BCUT2D eigenvalue weighted by Gasteiger charge is 2.28. The Bertz CT molecular complexity index is 179. The molecule has 0 aromatic heterocycles. The minimum Gasteiger partial charge on any atom is -0.396 e. The van der Waals surface area contributed by atoms with Gasteiger partial charge in [-0.25, -0.2) is 0 Å². The predicted molar refractivity (Wildman–Crippen MR) is 68.0 cm³/mol. The smallest absolute Gasteiger partial charge is 0.128 e. The Morgan fingerprint density at radius 1 is 1.11 bits per heavy atom. The lowest BCUT2D eigenvalue weighted by molar-refractivity contribution is -0.0769. The lowest BCUT2D eigenvalue weighted by Gasteiger charge is -2.27. The fourth-order valence-corrected chi connectivity index (χ4v) is 1.38. The number of aliphatic hydroxyl groups is 4. The van der Waals surface area contributed by atoms with Crippen molar-refractivity contribution in [3.8, 4) is 0 Å². The third-order valence-electron chi connectivity index (χ3n) is 2.85. The molecule has 0 heterocycles. The first-order valence-electron chi connectivity index (χ1n) is 6.46. The number of ether oxygens (including phenoxy) is 1. The van der Waals surface area contributed by atoms with Crippen LogP contribution in [-0.2, 0) is 4.74 Å². The van der Waals surface area contributed by atoms with Crippen LogP contribution in [0.15, 0.2) is 0 Å². The maximum atomic E-state index is 9.54. The molecule has 0 aromatic carbocycles. The van der Waals surface area contributed by atoms with Crippen LogP contribution in [0.2, 0.25) is 0 Å². The Hall–Kier alpha value is -0.240. The van der Waals surface area contributed by atoms with Gasteiger partial charge in [0.05, 0.1) is 38.4 Å². The molecule has 0 aliphatic heterocycles. The summed E-state index contributed by atoms with van der Waals surface area (Å²) in [6, 6.07) is 0. The van der Waals surface area contributed by atoms with Crippen LogP contribution in [0.4, 0.5) is 0 Å². The second-order valence-corrected chi connectivity index (χ2v) is 4.67. The zero-order valence-electron chi connectivity index (χ0n) is 11.1. The number of unbranched alkanes of at least 4 members (excludes halogenated alkanes) is 2. The molecule has 0 aromatic rings. The van der Waals surface area contributed by atoms with Gasteiger partial charge < -0.3 is 25.2 Å². The Kier molecular flexibility index (Phi) is 10.5. The number of hydrogen-bond acceptors (Lipinski definition) is 6. The van der Waals surface area contributed by atoms with Crippen molar-refractivity contribution >= 4 is 0 Å². The number of aliphatic hydroxyl groups excluding tert-OH is 4. The van der Waals surface area contributed by atoms with Gasteiger partial charge in [-0.3, -0.25) is 5.32 Å². The summed E-state index contributed by atoms with van der Waals surface area (Å²) in [5, 5.41) is 39.6. The van der Waals surface area contributed by atoms with Crippen LogP contribution >= 0.6 is 0 Å². The first kappa shape index (κ1) is 17.8. The molecule has 0 bridgehead atoms. The average molecular weight is 265 g/mol. The van der Waals surface area contributed by atoms with Crippen molar-refractivity contribution in [3.05, 3.63) is 0 Å². The molecule has 110 valence electrons. The minimum atomic E-state index is -1.04.